The SMILES string of the molecule is CC1(CCCS(C)(=O)=O)CCC(N)C1. The molecule has 14 heavy (non-hydrogen) atoms. The molecule has 0 heterocycles. The van der Waals surface area contributed by atoms with Gasteiger partial charge in [-0.1, -0.05) is 6.92 Å². The minimum atomic E-state index is -2.79. The minimum Gasteiger partial charge on any atom is -0.328 e. The minimum absolute atomic E-state index is 0.296. The summed E-state index contributed by atoms with van der Waals surface area (Å²) in [6.07, 6.45) is 6.37. The number of nitrogens with two attached hydrogens (primary N) is 1. The molecule has 0 bridgehead atoms. The number of rotatable bonds is 4. The molecular formula is C10H21NO2S. The number of sulfone groups is 1. The zero-order chi connectivity index (χ0) is 10.8. The highest BCUT2D eigenvalue weighted by Gasteiger charge is 2.32. The van der Waals surface area contributed by atoms with Crippen LogP contribution in [-0.2, 0) is 9.84 Å². The molecule has 84 valence electrons. The van der Waals surface area contributed by atoms with Crippen molar-refractivity contribution in [2.75, 3.05) is 12.0 Å². The molecule has 0 aromatic rings. The molecule has 1 fully saturated rings. The Labute approximate surface area is 87.0 Å². The van der Waals surface area contributed by atoms with E-state index in [4.69, 9.17) is 5.73 Å². The lowest BCUT2D eigenvalue weighted by molar-refractivity contribution is 0.301. The van der Waals surface area contributed by atoms with Crippen molar-refractivity contribution in [1.82, 2.24) is 0 Å². The molecule has 1 aliphatic rings. The Hall–Kier alpha value is -0.0900. The van der Waals surface area contributed by atoms with Crippen LogP contribution in [0.5, 0.6) is 0 Å². The van der Waals surface area contributed by atoms with Gasteiger partial charge in [-0.2, -0.15) is 0 Å². The lowest BCUT2D eigenvalue weighted by Crippen LogP contribution is -2.20. The molecule has 0 aromatic heterocycles. The molecule has 0 aliphatic heterocycles. The van der Waals surface area contributed by atoms with E-state index < -0.39 is 9.84 Å². The quantitative estimate of drug-likeness (QED) is 0.776. The first-order valence-corrected chi connectivity index (χ1v) is 7.30. The van der Waals surface area contributed by atoms with Crippen LogP contribution in [0.1, 0.15) is 39.0 Å². The maximum absolute atomic E-state index is 10.9. The Morgan fingerprint density at radius 1 is 1.50 bits per heavy atom. The molecule has 0 aromatic carbocycles. The maximum Gasteiger partial charge on any atom is 0.147 e. The van der Waals surface area contributed by atoms with E-state index in [0.717, 1.165) is 32.1 Å². The molecule has 2 N–H and O–H groups in total. The molecule has 1 aliphatic carbocycles. The lowest BCUT2D eigenvalue weighted by Gasteiger charge is -2.23. The fourth-order valence-electron chi connectivity index (χ4n) is 2.36. The van der Waals surface area contributed by atoms with Crippen LogP contribution < -0.4 is 5.73 Å². The standard InChI is InChI=1S/C10H21NO2S/c1-10(6-4-9(11)8-10)5-3-7-14(2,12)13/h9H,3-8,11H2,1-2H3. The summed E-state index contributed by atoms with van der Waals surface area (Å²) in [6.45, 7) is 2.22. The van der Waals surface area contributed by atoms with Crippen LogP contribution in [0.25, 0.3) is 0 Å². The van der Waals surface area contributed by atoms with Gasteiger partial charge in [0.25, 0.3) is 0 Å². The number of hydrogen-bond acceptors (Lipinski definition) is 3. The monoisotopic (exact) mass is 219 g/mol. The molecule has 0 radical (unpaired) electrons. The summed E-state index contributed by atoms with van der Waals surface area (Å²) in [5.41, 5.74) is 6.15. The van der Waals surface area contributed by atoms with Crippen molar-refractivity contribution in [3.8, 4) is 0 Å². The molecule has 1 rings (SSSR count). The van der Waals surface area contributed by atoms with E-state index in [0.29, 0.717) is 17.2 Å². The molecular weight excluding hydrogens is 198 g/mol. The summed E-state index contributed by atoms with van der Waals surface area (Å²) < 4.78 is 21.9. The van der Waals surface area contributed by atoms with E-state index in [1.54, 1.807) is 0 Å². The average molecular weight is 219 g/mol. The van der Waals surface area contributed by atoms with Gasteiger partial charge in [0.05, 0.1) is 0 Å². The molecule has 0 saturated heterocycles. The Kier molecular flexibility index (Phi) is 3.58. The second kappa shape index (κ2) is 4.19. The summed E-state index contributed by atoms with van der Waals surface area (Å²) in [6, 6.07) is 0.332. The van der Waals surface area contributed by atoms with Crippen molar-refractivity contribution < 1.29 is 8.42 Å². The van der Waals surface area contributed by atoms with Gasteiger partial charge in [0, 0.05) is 18.1 Å². The Morgan fingerprint density at radius 2 is 2.14 bits per heavy atom. The van der Waals surface area contributed by atoms with Crippen LogP contribution in [-0.4, -0.2) is 26.5 Å². The van der Waals surface area contributed by atoms with Crippen molar-refractivity contribution in [2.45, 2.75) is 45.1 Å². The third kappa shape index (κ3) is 3.96. The Bertz CT molecular complexity index is 286. The van der Waals surface area contributed by atoms with Gasteiger partial charge >= 0.3 is 0 Å². The van der Waals surface area contributed by atoms with Gasteiger partial charge in [-0.3, -0.25) is 0 Å². The lowest BCUT2D eigenvalue weighted by atomic mass is 9.84. The van der Waals surface area contributed by atoms with Crippen molar-refractivity contribution in [1.29, 1.82) is 0 Å². The van der Waals surface area contributed by atoms with Crippen molar-refractivity contribution in [2.24, 2.45) is 11.1 Å². The van der Waals surface area contributed by atoms with Crippen LogP contribution in [0.4, 0.5) is 0 Å². The van der Waals surface area contributed by atoms with E-state index in [9.17, 15) is 8.42 Å². The fourth-order valence-corrected chi connectivity index (χ4v) is 3.03. The third-order valence-corrected chi connectivity index (χ3v) is 4.20. The Balaban J connectivity index is 2.31. The molecule has 0 spiro atoms. The maximum atomic E-state index is 10.9. The fraction of sp³-hybridized carbons (Fsp3) is 1.00. The first-order valence-electron chi connectivity index (χ1n) is 5.24. The average Bonchev–Trinajstić information content (AvgIpc) is 2.28. The van der Waals surface area contributed by atoms with Crippen molar-refractivity contribution >= 4 is 9.84 Å². The second-order valence-corrected chi connectivity index (χ2v) is 7.31. The summed E-state index contributed by atoms with van der Waals surface area (Å²) in [5, 5.41) is 0. The van der Waals surface area contributed by atoms with E-state index in [-0.39, 0.29) is 0 Å². The van der Waals surface area contributed by atoms with Crippen molar-refractivity contribution in [3.63, 3.8) is 0 Å². The molecule has 3 nitrogen and oxygen atoms in total. The van der Waals surface area contributed by atoms with Crippen LogP contribution in [0.15, 0.2) is 0 Å². The molecule has 2 atom stereocenters. The second-order valence-electron chi connectivity index (χ2n) is 5.05. The largest absolute Gasteiger partial charge is 0.328 e. The highest BCUT2D eigenvalue weighted by Crippen LogP contribution is 2.40. The van der Waals surface area contributed by atoms with Gasteiger partial charge < -0.3 is 5.73 Å². The van der Waals surface area contributed by atoms with Gasteiger partial charge in [-0.15, -0.1) is 0 Å². The predicted octanol–water partition coefficient (Wildman–Crippen LogP) is 1.33. The van der Waals surface area contributed by atoms with Gasteiger partial charge in [0.2, 0.25) is 0 Å². The smallest absolute Gasteiger partial charge is 0.147 e. The normalized spacial score (nSPS) is 33.5. The summed E-state index contributed by atoms with van der Waals surface area (Å²) >= 11 is 0. The zero-order valence-corrected chi connectivity index (χ0v) is 9.94. The molecule has 1 saturated carbocycles. The van der Waals surface area contributed by atoms with E-state index >= 15 is 0 Å². The Morgan fingerprint density at radius 3 is 2.57 bits per heavy atom. The summed E-state index contributed by atoms with van der Waals surface area (Å²) in [4.78, 5) is 0. The van der Waals surface area contributed by atoms with Gasteiger partial charge in [-0.25, -0.2) is 8.42 Å². The molecule has 4 heteroatoms. The van der Waals surface area contributed by atoms with Gasteiger partial charge in [0.15, 0.2) is 0 Å². The molecule has 0 amide bonds. The van der Waals surface area contributed by atoms with Crippen LogP contribution in [0.2, 0.25) is 0 Å². The highest BCUT2D eigenvalue weighted by molar-refractivity contribution is 7.90. The van der Waals surface area contributed by atoms with Gasteiger partial charge in [0.1, 0.15) is 9.84 Å². The van der Waals surface area contributed by atoms with E-state index in [1.165, 1.54) is 6.26 Å². The summed E-state index contributed by atoms with van der Waals surface area (Å²) in [5.74, 6) is 0.317. The van der Waals surface area contributed by atoms with E-state index in [2.05, 4.69) is 6.92 Å². The topological polar surface area (TPSA) is 60.2 Å². The highest BCUT2D eigenvalue weighted by atomic mass is 32.2. The third-order valence-electron chi connectivity index (χ3n) is 3.17. The summed E-state index contributed by atoms with van der Waals surface area (Å²) in [7, 11) is -2.79. The predicted molar refractivity (Wildman–Crippen MR) is 58.9 cm³/mol. The first-order chi connectivity index (χ1) is 6.31. The number of hydrogen-bond donors (Lipinski definition) is 1. The zero-order valence-electron chi connectivity index (χ0n) is 9.12. The van der Waals surface area contributed by atoms with Crippen LogP contribution >= 0.6 is 0 Å². The van der Waals surface area contributed by atoms with Crippen LogP contribution in [0, 0.1) is 5.41 Å². The van der Waals surface area contributed by atoms with Crippen LogP contribution in [0.3, 0.4) is 0 Å². The van der Waals surface area contributed by atoms with E-state index in [1.807, 2.05) is 0 Å². The molecule has 2 unspecified atom stereocenters. The van der Waals surface area contributed by atoms with Gasteiger partial charge in [-0.05, 0) is 37.5 Å². The van der Waals surface area contributed by atoms with Crippen molar-refractivity contribution in [3.05, 3.63) is 0 Å². The first kappa shape index (κ1) is 12.0.